The topological polar surface area (TPSA) is 165 Å². The molecule has 2 aliphatic carbocycles. The number of piperidine rings is 1. The van der Waals surface area contributed by atoms with Gasteiger partial charge in [0, 0.05) is 69.1 Å². The molecule has 1 amide bonds. The number of aromatic nitrogens is 1. The molecule has 372 valence electrons. The molecule has 3 N–H and O–H groups in total. The summed E-state index contributed by atoms with van der Waals surface area (Å²) < 4.78 is 20.7. The molecule has 67 heavy (non-hydrogen) atoms. The second-order valence-corrected chi connectivity index (χ2v) is 21.2. The van der Waals surface area contributed by atoms with Gasteiger partial charge < -0.3 is 39.0 Å². The number of amides is 1. The first-order valence-electron chi connectivity index (χ1n) is 25.6. The van der Waals surface area contributed by atoms with E-state index < -0.39 is 53.3 Å². The number of aryl methyl sites for hydroxylation is 1. The molecule has 3 fully saturated rings. The molecule has 1 aromatic heterocycles. The van der Waals surface area contributed by atoms with Gasteiger partial charge in [0.05, 0.1) is 30.5 Å². The van der Waals surface area contributed by atoms with Crippen LogP contribution >= 0.6 is 0 Å². The summed E-state index contributed by atoms with van der Waals surface area (Å²) in [6.45, 7) is 15.1. The lowest BCUT2D eigenvalue weighted by Gasteiger charge is -2.47. The summed E-state index contributed by atoms with van der Waals surface area (Å²) in [7, 11) is 3.26. The smallest absolute Gasteiger partial charge is 0.293 e. The molecule has 12 heteroatoms. The van der Waals surface area contributed by atoms with Crippen molar-refractivity contribution in [3.63, 3.8) is 0 Å². The molecule has 2 bridgehead atoms. The van der Waals surface area contributed by atoms with Gasteiger partial charge in [-0.05, 0) is 145 Å². The van der Waals surface area contributed by atoms with Crippen molar-refractivity contribution < 1.29 is 48.7 Å². The maximum absolute atomic E-state index is 14.8. The second-order valence-electron chi connectivity index (χ2n) is 21.2. The van der Waals surface area contributed by atoms with Gasteiger partial charge in [-0.25, -0.2) is 0 Å². The Kier molecular flexibility index (Phi) is 18.3. The Balaban J connectivity index is 1.28. The lowest BCUT2D eigenvalue weighted by molar-refractivity contribution is -0.176. The quantitative estimate of drug-likeness (QED) is 0.164. The third kappa shape index (κ3) is 12.2. The molecular formula is C55H82N2O10. The number of Topliss-reactive ketones (excluding diaryl/α,β-unsaturated/α-hetero) is 3. The Hall–Kier alpha value is -3.68. The van der Waals surface area contributed by atoms with E-state index in [0.29, 0.717) is 57.8 Å². The number of benzene rings is 1. The van der Waals surface area contributed by atoms with E-state index in [1.165, 1.54) is 4.90 Å². The number of hydrogen-bond donors (Lipinski definition) is 3. The van der Waals surface area contributed by atoms with Gasteiger partial charge >= 0.3 is 0 Å². The van der Waals surface area contributed by atoms with Crippen LogP contribution in [0, 0.1) is 41.4 Å². The van der Waals surface area contributed by atoms with Gasteiger partial charge in [-0.3, -0.25) is 19.2 Å². The summed E-state index contributed by atoms with van der Waals surface area (Å²) in [5.41, 5.74) is 1.10. The number of ether oxygens (including phenoxy) is 3. The van der Waals surface area contributed by atoms with Crippen molar-refractivity contribution in [3.8, 4) is 5.75 Å². The van der Waals surface area contributed by atoms with Gasteiger partial charge in [0.1, 0.15) is 23.2 Å². The molecular weight excluding hydrogens is 849 g/mol. The van der Waals surface area contributed by atoms with Gasteiger partial charge in [-0.2, -0.15) is 0 Å². The van der Waals surface area contributed by atoms with Crippen molar-refractivity contribution in [1.29, 1.82) is 0 Å². The van der Waals surface area contributed by atoms with E-state index in [1.54, 1.807) is 21.1 Å². The van der Waals surface area contributed by atoms with Crippen LogP contribution in [-0.4, -0.2) is 111 Å². The van der Waals surface area contributed by atoms with Gasteiger partial charge in [-0.1, -0.05) is 57.9 Å². The molecule has 4 aliphatic rings. The second kappa shape index (κ2) is 23.3. The van der Waals surface area contributed by atoms with Crippen LogP contribution < -0.4 is 4.74 Å². The Labute approximate surface area is 399 Å². The minimum atomic E-state index is -1.98. The molecule has 6 rings (SSSR count). The van der Waals surface area contributed by atoms with Crippen molar-refractivity contribution in [2.75, 3.05) is 20.8 Å². The van der Waals surface area contributed by atoms with E-state index in [0.717, 1.165) is 47.2 Å². The summed E-state index contributed by atoms with van der Waals surface area (Å²) in [5, 5.41) is 36.9. The molecule has 2 aliphatic heterocycles. The van der Waals surface area contributed by atoms with Crippen LogP contribution in [0.3, 0.4) is 0 Å². The van der Waals surface area contributed by atoms with Crippen molar-refractivity contribution in [1.82, 2.24) is 9.47 Å². The zero-order chi connectivity index (χ0) is 48.7. The standard InChI is InChI=1S/C55H82N2O10/c1-10-20-56-22-19-40-29-41(16-17-44(40)56)67-50-18-15-38(28-49(50)61)26-35(5)42-30-48(60)45-14-12-13-21-57(45)54(63)53(62)55(64)32-43(52(66-9)27-36(55)6)51(65-8)25-34(4)23-33(3)24-39(11-2)47(59)31-46(58)37(42)7/h16-17,19,22,24,26,29,34,36-39,42-43,45-46,49-52,58,61,64H,10-15,18,20-21,23,25,27-28,30-32H2,1-9H3/b33-24+,35-26?. The van der Waals surface area contributed by atoms with E-state index in [2.05, 4.69) is 42.8 Å². The van der Waals surface area contributed by atoms with Crippen molar-refractivity contribution in [2.24, 2.45) is 41.4 Å². The Morgan fingerprint density at radius 2 is 1.60 bits per heavy atom. The third-order valence-electron chi connectivity index (χ3n) is 16.3. The average molecular weight is 931 g/mol. The number of aliphatic hydroxyl groups excluding tert-OH is 2. The fourth-order valence-electron chi connectivity index (χ4n) is 12.2. The Bertz CT molecular complexity index is 2090. The number of fused-ring (bicyclic) bond motifs is 4. The van der Waals surface area contributed by atoms with Crippen LogP contribution in [0.5, 0.6) is 5.75 Å². The number of ketones is 3. The van der Waals surface area contributed by atoms with E-state index >= 15 is 0 Å². The summed E-state index contributed by atoms with van der Waals surface area (Å²) in [5.74, 6) is -3.53. The molecule has 0 radical (unpaired) electrons. The van der Waals surface area contributed by atoms with Crippen LogP contribution in [0.15, 0.2) is 53.8 Å². The highest BCUT2D eigenvalue weighted by Gasteiger charge is 2.55. The van der Waals surface area contributed by atoms with Gasteiger partial charge in [0.25, 0.3) is 11.7 Å². The van der Waals surface area contributed by atoms with Crippen molar-refractivity contribution >= 4 is 34.2 Å². The first kappa shape index (κ1) is 52.7. The lowest BCUT2D eigenvalue weighted by Crippen LogP contribution is -2.61. The molecule has 0 spiro atoms. The molecule has 14 atom stereocenters. The Morgan fingerprint density at radius 3 is 2.28 bits per heavy atom. The number of rotatable bonds is 9. The fourth-order valence-corrected chi connectivity index (χ4v) is 12.2. The van der Waals surface area contributed by atoms with Crippen LogP contribution in [0.4, 0.5) is 0 Å². The number of carbonyl (C=O) groups is 4. The number of nitrogens with zero attached hydrogens (tertiary/aromatic N) is 2. The molecule has 14 unspecified atom stereocenters. The predicted octanol–water partition coefficient (Wildman–Crippen LogP) is 8.60. The molecule has 12 nitrogen and oxygen atoms in total. The van der Waals surface area contributed by atoms with Gasteiger partial charge in [0.15, 0.2) is 5.78 Å². The summed E-state index contributed by atoms with van der Waals surface area (Å²) >= 11 is 0. The minimum absolute atomic E-state index is 0.00995. The van der Waals surface area contributed by atoms with Crippen LogP contribution in [-0.2, 0) is 35.2 Å². The zero-order valence-electron chi connectivity index (χ0n) is 42.0. The van der Waals surface area contributed by atoms with Gasteiger partial charge in [0.2, 0.25) is 0 Å². The summed E-state index contributed by atoms with van der Waals surface area (Å²) in [6, 6.07) is 7.27. The van der Waals surface area contributed by atoms with Crippen LogP contribution in [0.25, 0.3) is 10.9 Å². The molecule has 1 saturated heterocycles. The highest BCUT2D eigenvalue weighted by atomic mass is 16.5. The fraction of sp³-hybridized carbons (Fsp3) is 0.709. The average Bonchev–Trinajstić information content (AvgIpc) is 3.71. The monoisotopic (exact) mass is 931 g/mol. The summed E-state index contributed by atoms with van der Waals surface area (Å²) in [6.07, 6.45) is 10.1. The van der Waals surface area contributed by atoms with Gasteiger partial charge in [-0.15, -0.1) is 0 Å². The molecule has 2 aromatic rings. The zero-order valence-corrected chi connectivity index (χ0v) is 42.0. The van der Waals surface area contributed by atoms with Crippen LogP contribution in [0.2, 0.25) is 0 Å². The highest BCUT2D eigenvalue weighted by Crippen LogP contribution is 2.44. The predicted molar refractivity (Wildman–Crippen MR) is 260 cm³/mol. The Morgan fingerprint density at radius 1 is 0.866 bits per heavy atom. The normalized spacial score (nSPS) is 36.8. The maximum atomic E-state index is 14.8. The first-order valence-corrected chi connectivity index (χ1v) is 25.6. The number of hydrogen-bond acceptors (Lipinski definition) is 10. The molecule has 2 saturated carbocycles. The minimum Gasteiger partial charge on any atom is -0.488 e. The largest absolute Gasteiger partial charge is 0.488 e. The van der Waals surface area contributed by atoms with Crippen LogP contribution in [0.1, 0.15) is 138 Å². The van der Waals surface area contributed by atoms with Crippen molar-refractivity contribution in [3.05, 3.63) is 53.8 Å². The lowest BCUT2D eigenvalue weighted by atomic mass is 9.65. The third-order valence-corrected chi connectivity index (χ3v) is 16.3. The highest BCUT2D eigenvalue weighted by molar-refractivity contribution is 6.39. The maximum Gasteiger partial charge on any atom is 0.293 e. The first-order chi connectivity index (χ1) is 31.9. The number of aliphatic hydroxyl groups is 3. The molecule has 3 heterocycles. The van der Waals surface area contributed by atoms with E-state index in [9.17, 15) is 34.5 Å². The van der Waals surface area contributed by atoms with E-state index in [1.807, 2.05) is 45.9 Å². The van der Waals surface area contributed by atoms with E-state index in [-0.39, 0.29) is 79.4 Å². The number of carbonyl (C=O) groups excluding carboxylic acids is 4. The summed E-state index contributed by atoms with van der Waals surface area (Å²) in [4.78, 5) is 59.2. The molecule has 1 aromatic carbocycles. The SMILES string of the molecule is CCCn1ccc2cc(OC3CCC(C=C(C)C4CC(=O)C5CCCCN5C(=O)C(=O)C5(O)CC(C(OC)CC(C)C/C(C)=C/C(CC)C(=O)CC(O)C4C)C(OC)CC5C)CC3O)ccc21. The van der Waals surface area contributed by atoms with E-state index in [4.69, 9.17) is 14.2 Å². The van der Waals surface area contributed by atoms with Crippen molar-refractivity contribution in [2.45, 2.75) is 187 Å². The number of methoxy groups -OCH3 is 2. The number of allylic oxidation sites excluding steroid dienone is 4.